The molecule has 3 aliphatic carbocycles. The number of hydrogen-bond acceptors (Lipinski definition) is 5. The third-order valence-electron chi connectivity index (χ3n) is 10.8. The van der Waals surface area contributed by atoms with Crippen molar-refractivity contribution in [3.8, 4) is 11.5 Å². The van der Waals surface area contributed by atoms with Gasteiger partial charge in [-0.2, -0.15) is 13.2 Å². The van der Waals surface area contributed by atoms with Crippen LogP contribution in [0.1, 0.15) is 74.1 Å². The van der Waals surface area contributed by atoms with Crippen LogP contribution >= 0.6 is 0 Å². The van der Waals surface area contributed by atoms with Crippen molar-refractivity contribution >= 4 is 12.0 Å². The van der Waals surface area contributed by atoms with Crippen molar-refractivity contribution in [2.24, 2.45) is 5.92 Å². The topological polar surface area (TPSA) is 73.2 Å². The molecule has 230 valence electrons. The molecule has 2 N–H and O–H groups in total. The van der Waals surface area contributed by atoms with Gasteiger partial charge < -0.3 is 19.8 Å². The van der Waals surface area contributed by atoms with E-state index in [1.807, 2.05) is 13.0 Å². The fourth-order valence-corrected chi connectivity index (χ4v) is 8.62. The van der Waals surface area contributed by atoms with E-state index in [9.17, 15) is 28.2 Å². The molecule has 43 heavy (non-hydrogen) atoms. The molecular weight excluding hydrogens is 557 g/mol. The van der Waals surface area contributed by atoms with E-state index in [2.05, 4.69) is 4.90 Å². The number of phenolic OH excluding ortho intramolecular Hbond substituents is 1. The van der Waals surface area contributed by atoms with Gasteiger partial charge in [0.25, 0.3) is 0 Å². The van der Waals surface area contributed by atoms with Gasteiger partial charge in [0.05, 0.1) is 22.6 Å². The van der Waals surface area contributed by atoms with Crippen LogP contribution in [0.5, 0.6) is 11.5 Å². The second-order valence-corrected chi connectivity index (χ2v) is 13.2. The van der Waals surface area contributed by atoms with Crippen LogP contribution in [0.2, 0.25) is 0 Å². The Balaban J connectivity index is 1.24. The first-order valence-corrected chi connectivity index (χ1v) is 15.7. The van der Waals surface area contributed by atoms with Crippen molar-refractivity contribution in [2.75, 3.05) is 19.6 Å². The van der Waals surface area contributed by atoms with Gasteiger partial charge in [-0.1, -0.05) is 31.5 Å². The largest absolute Gasteiger partial charge is 0.504 e. The molecule has 2 aromatic carbocycles. The highest BCUT2D eigenvalue weighted by Crippen LogP contribution is 2.66. The highest BCUT2D eigenvalue weighted by Gasteiger charge is 2.73. The van der Waals surface area contributed by atoms with E-state index in [0.717, 1.165) is 49.2 Å². The summed E-state index contributed by atoms with van der Waals surface area (Å²) in [4.78, 5) is 18.1. The number of piperidine rings is 1. The van der Waals surface area contributed by atoms with E-state index in [1.165, 1.54) is 31.1 Å². The lowest BCUT2D eigenvalue weighted by atomic mass is 9.48. The summed E-state index contributed by atoms with van der Waals surface area (Å²) in [5.74, 6) is 0.884. The van der Waals surface area contributed by atoms with E-state index >= 15 is 0 Å². The first kappa shape index (κ1) is 28.7. The van der Waals surface area contributed by atoms with Crippen LogP contribution in [0.25, 0.3) is 6.08 Å². The van der Waals surface area contributed by atoms with Crippen LogP contribution < -0.4 is 4.74 Å². The predicted octanol–water partition coefficient (Wildman–Crippen LogP) is 5.69. The van der Waals surface area contributed by atoms with Crippen LogP contribution in [-0.4, -0.2) is 69.3 Å². The molecular formula is C34H39F3N2O4. The molecule has 2 heterocycles. The maximum absolute atomic E-state index is 13.9. The number of halogens is 3. The predicted molar refractivity (Wildman–Crippen MR) is 156 cm³/mol. The number of carbonyl (C=O) groups excluding carboxylic acids is 1. The Hall–Kier alpha value is -3.04. The first-order chi connectivity index (χ1) is 20.6. The second kappa shape index (κ2) is 10.3. The summed E-state index contributed by atoms with van der Waals surface area (Å²) < 4.78 is 46.5. The summed E-state index contributed by atoms with van der Waals surface area (Å²) in [5, 5.41) is 23.7. The number of hydrogen-bond donors (Lipinski definition) is 2. The number of nitrogens with zero attached hydrogens (tertiary/aromatic N) is 2. The Morgan fingerprint density at radius 3 is 2.74 bits per heavy atom. The molecule has 5 atom stereocenters. The third kappa shape index (κ3) is 4.48. The molecule has 9 heteroatoms. The number of unbranched alkanes of at least 4 members (excludes halogenated alkanes) is 1. The van der Waals surface area contributed by atoms with Crippen molar-refractivity contribution in [3.05, 3.63) is 64.7 Å². The minimum Gasteiger partial charge on any atom is -0.504 e. The molecule has 2 saturated carbocycles. The standard InChI is InChI=1S/C34H39F3N2O4/c1-2-3-16-39(28(41)12-9-21-5-4-6-24(18-21)34(35,36)37)25-13-14-33(42)27-19-23-10-11-26(40)30-29(23)32(33,31(25)43-30)15-17-38(27)20-22-7-8-22/h4-6,9-12,18,22,25,27,31,40,42H,2-3,7-8,13-17,19-20H2,1H3/b12-9+/t25?,27-,31?,32+,33-/m1/s1. The van der Waals surface area contributed by atoms with E-state index in [4.69, 9.17) is 4.74 Å². The minimum atomic E-state index is -4.47. The van der Waals surface area contributed by atoms with Crippen molar-refractivity contribution in [2.45, 2.75) is 93.7 Å². The maximum Gasteiger partial charge on any atom is 0.416 e. The Bertz CT molecular complexity index is 1460. The Morgan fingerprint density at radius 1 is 1.19 bits per heavy atom. The summed E-state index contributed by atoms with van der Waals surface area (Å²) >= 11 is 0. The van der Waals surface area contributed by atoms with E-state index in [1.54, 1.807) is 17.0 Å². The molecule has 6 nitrogen and oxygen atoms in total. The fraction of sp³-hybridized carbons (Fsp3) is 0.559. The normalized spacial score (nSPS) is 31.1. The smallest absolute Gasteiger partial charge is 0.416 e. The molecule has 1 amide bonds. The van der Waals surface area contributed by atoms with Gasteiger partial charge in [0.2, 0.25) is 5.91 Å². The Kier molecular flexibility index (Phi) is 6.85. The quantitative estimate of drug-likeness (QED) is 0.384. The lowest BCUT2D eigenvalue weighted by Crippen LogP contribution is -2.78. The van der Waals surface area contributed by atoms with Gasteiger partial charge in [0.1, 0.15) is 6.10 Å². The molecule has 7 rings (SSSR count). The zero-order valence-corrected chi connectivity index (χ0v) is 24.4. The molecule has 0 radical (unpaired) electrons. The van der Waals surface area contributed by atoms with Crippen molar-refractivity contribution in [1.29, 1.82) is 0 Å². The number of ether oxygens (including phenoxy) is 1. The highest BCUT2D eigenvalue weighted by atomic mass is 19.4. The molecule has 0 aromatic heterocycles. The molecule has 3 fully saturated rings. The summed E-state index contributed by atoms with van der Waals surface area (Å²) in [5.41, 5.74) is -0.259. The summed E-state index contributed by atoms with van der Waals surface area (Å²) in [6.07, 6.45) is 4.29. The number of amides is 1. The Morgan fingerprint density at radius 2 is 2.00 bits per heavy atom. The van der Waals surface area contributed by atoms with Crippen LogP contribution in [-0.2, 0) is 22.8 Å². The molecule has 2 unspecified atom stereocenters. The number of alkyl halides is 3. The molecule has 1 saturated heterocycles. The van der Waals surface area contributed by atoms with Crippen LogP contribution in [0.15, 0.2) is 42.5 Å². The van der Waals surface area contributed by atoms with E-state index < -0.39 is 28.9 Å². The van der Waals surface area contributed by atoms with Gasteiger partial charge in [-0.3, -0.25) is 9.69 Å². The van der Waals surface area contributed by atoms with Crippen LogP contribution in [0.3, 0.4) is 0 Å². The van der Waals surface area contributed by atoms with Gasteiger partial charge in [-0.25, -0.2) is 0 Å². The van der Waals surface area contributed by atoms with Crippen LogP contribution in [0.4, 0.5) is 13.2 Å². The molecule has 2 aromatic rings. The van der Waals surface area contributed by atoms with Crippen LogP contribution in [0, 0.1) is 5.92 Å². The Labute approximate surface area is 250 Å². The zero-order chi connectivity index (χ0) is 30.1. The molecule has 2 bridgehead atoms. The van der Waals surface area contributed by atoms with Gasteiger partial charge in [-0.05, 0) is 92.8 Å². The number of phenols is 1. The molecule has 1 spiro atoms. The zero-order valence-electron chi connectivity index (χ0n) is 24.4. The average Bonchev–Trinajstić information content (AvgIpc) is 3.72. The summed E-state index contributed by atoms with van der Waals surface area (Å²) in [7, 11) is 0. The van der Waals surface area contributed by atoms with E-state index in [0.29, 0.717) is 49.5 Å². The number of carbonyl (C=O) groups is 1. The van der Waals surface area contributed by atoms with E-state index in [-0.39, 0.29) is 23.7 Å². The number of aromatic hydroxyl groups is 1. The minimum absolute atomic E-state index is 0.0540. The van der Waals surface area contributed by atoms with Gasteiger partial charge in [0, 0.05) is 30.8 Å². The van der Waals surface area contributed by atoms with Crippen molar-refractivity contribution in [3.63, 3.8) is 0 Å². The highest BCUT2D eigenvalue weighted by molar-refractivity contribution is 5.92. The number of aliphatic hydroxyl groups is 1. The fourth-order valence-electron chi connectivity index (χ4n) is 8.62. The van der Waals surface area contributed by atoms with Gasteiger partial charge in [0.15, 0.2) is 11.5 Å². The molecule has 5 aliphatic rings. The second-order valence-electron chi connectivity index (χ2n) is 13.2. The SMILES string of the molecule is CCCCN(C(=O)/C=C/c1cccc(C(F)(F)F)c1)C1CC[C@@]2(O)[C@H]3Cc4ccc(O)c5c4[C@@]2(CCN3CC2CC2)C1O5. The lowest BCUT2D eigenvalue weighted by molar-refractivity contribution is -0.201. The van der Waals surface area contributed by atoms with Gasteiger partial charge in [-0.15, -0.1) is 0 Å². The van der Waals surface area contributed by atoms with Crippen molar-refractivity contribution in [1.82, 2.24) is 9.80 Å². The third-order valence-corrected chi connectivity index (χ3v) is 10.8. The summed E-state index contributed by atoms with van der Waals surface area (Å²) in [6, 6.07) is 8.17. The average molecular weight is 597 g/mol. The molecule has 2 aliphatic heterocycles. The number of rotatable bonds is 8. The monoisotopic (exact) mass is 596 g/mol. The first-order valence-electron chi connectivity index (χ1n) is 15.7. The maximum atomic E-state index is 13.9. The number of likely N-dealkylation sites (tertiary alicyclic amines) is 1. The number of benzene rings is 2. The van der Waals surface area contributed by atoms with Gasteiger partial charge >= 0.3 is 6.18 Å². The van der Waals surface area contributed by atoms with Crippen molar-refractivity contribution < 1.29 is 32.9 Å². The lowest BCUT2D eigenvalue weighted by Gasteiger charge is -2.65. The summed E-state index contributed by atoms with van der Waals surface area (Å²) in [6.45, 7) is 4.32.